The Morgan fingerprint density at radius 3 is 2.85 bits per heavy atom. The van der Waals surface area contributed by atoms with Gasteiger partial charge < -0.3 is 15.8 Å². The van der Waals surface area contributed by atoms with E-state index in [0.29, 0.717) is 15.9 Å². The van der Waals surface area contributed by atoms with Crippen molar-refractivity contribution in [2.75, 3.05) is 13.1 Å². The highest BCUT2D eigenvalue weighted by molar-refractivity contribution is 7.18. The molecule has 0 unspecified atom stereocenters. The minimum atomic E-state index is 0.0705. The van der Waals surface area contributed by atoms with Crippen LogP contribution in [0.1, 0.15) is 26.7 Å². The fourth-order valence-corrected chi connectivity index (χ4v) is 3.61. The number of rotatable bonds is 4. The van der Waals surface area contributed by atoms with Gasteiger partial charge in [-0.1, -0.05) is 22.9 Å². The summed E-state index contributed by atoms with van der Waals surface area (Å²) >= 11 is 7.75. The van der Waals surface area contributed by atoms with Crippen LogP contribution in [-0.4, -0.2) is 35.1 Å². The van der Waals surface area contributed by atoms with Gasteiger partial charge in [0.05, 0.1) is 11.1 Å². The summed E-state index contributed by atoms with van der Waals surface area (Å²) in [7, 11) is 0. The van der Waals surface area contributed by atoms with E-state index in [4.69, 9.17) is 22.1 Å². The van der Waals surface area contributed by atoms with Crippen molar-refractivity contribution in [1.82, 2.24) is 15.5 Å². The monoisotopic (exact) mass is 391 g/mol. The summed E-state index contributed by atoms with van der Waals surface area (Å²) in [6.07, 6.45) is 3.40. The summed E-state index contributed by atoms with van der Waals surface area (Å²) in [5, 5.41) is 13.8. The normalized spacial score (nSPS) is 18.5. The standard InChI is InChI=1S/C18H22ClN5OS/c1-11(2)25-16-4-3-12(9-14(16)19)17-23-24-18(26-17)22-15-6-8-21-7-5-13(15)10-20/h3-4,9-11,21H,5-8,20H2,1-2H3. The summed E-state index contributed by atoms with van der Waals surface area (Å²) < 4.78 is 5.67. The topological polar surface area (TPSA) is 85.4 Å². The van der Waals surface area contributed by atoms with Crippen molar-refractivity contribution in [3.63, 3.8) is 0 Å². The second kappa shape index (κ2) is 8.62. The highest BCUT2D eigenvalue weighted by Crippen LogP contribution is 2.34. The number of hydrogen-bond acceptors (Lipinski definition) is 7. The molecule has 1 aliphatic heterocycles. The number of aromatic nitrogens is 2. The Kier molecular flexibility index (Phi) is 6.24. The third kappa shape index (κ3) is 4.60. The number of halogens is 1. The molecule has 6 nitrogen and oxygen atoms in total. The molecule has 2 heterocycles. The van der Waals surface area contributed by atoms with Crippen molar-refractivity contribution in [3.8, 4) is 16.3 Å². The molecule has 1 fully saturated rings. The van der Waals surface area contributed by atoms with E-state index < -0.39 is 0 Å². The van der Waals surface area contributed by atoms with Crippen LogP contribution < -0.4 is 15.8 Å². The Balaban J connectivity index is 1.83. The van der Waals surface area contributed by atoms with Crippen LogP contribution in [0, 0.1) is 0 Å². The predicted octanol–water partition coefficient (Wildman–Crippen LogP) is 3.94. The molecular formula is C18H22ClN5OS. The first-order valence-corrected chi connectivity index (χ1v) is 9.75. The average Bonchev–Trinajstić information content (AvgIpc) is 2.95. The highest BCUT2D eigenvalue weighted by atomic mass is 35.5. The van der Waals surface area contributed by atoms with E-state index in [0.717, 1.165) is 47.8 Å². The van der Waals surface area contributed by atoms with Crippen LogP contribution in [0.4, 0.5) is 5.13 Å². The van der Waals surface area contributed by atoms with Crippen molar-refractivity contribution >= 4 is 33.8 Å². The molecule has 1 saturated heterocycles. The van der Waals surface area contributed by atoms with Crippen LogP contribution in [0.5, 0.6) is 5.75 Å². The molecule has 8 heteroatoms. The lowest BCUT2D eigenvalue weighted by molar-refractivity contribution is 0.242. The zero-order valence-electron chi connectivity index (χ0n) is 14.8. The molecule has 3 rings (SSSR count). The second-order valence-electron chi connectivity index (χ2n) is 6.20. The van der Waals surface area contributed by atoms with Crippen molar-refractivity contribution in [1.29, 1.82) is 0 Å². The van der Waals surface area contributed by atoms with Gasteiger partial charge in [-0.2, -0.15) is 0 Å². The van der Waals surface area contributed by atoms with Crippen molar-refractivity contribution in [2.24, 2.45) is 10.7 Å². The Morgan fingerprint density at radius 2 is 2.12 bits per heavy atom. The van der Waals surface area contributed by atoms with Crippen LogP contribution in [0.25, 0.3) is 10.6 Å². The fraction of sp³-hybridized carbons (Fsp3) is 0.389. The fourth-order valence-electron chi connectivity index (χ4n) is 2.64. The number of nitrogens with two attached hydrogens (primary N) is 1. The van der Waals surface area contributed by atoms with Crippen LogP contribution in [0.2, 0.25) is 5.02 Å². The molecule has 26 heavy (non-hydrogen) atoms. The number of nitrogens with one attached hydrogen (secondary N) is 1. The Hall–Kier alpha value is -1.96. The maximum absolute atomic E-state index is 6.32. The summed E-state index contributed by atoms with van der Waals surface area (Å²) in [6.45, 7) is 5.72. The quantitative estimate of drug-likeness (QED) is 0.824. The Morgan fingerprint density at radius 1 is 1.31 bits per heavy atom. The summed E-state index contributed by atoms with van der Waals surface area (Å²) in [6, 6.07) is 5.64. The summed E-state index contributed by atoms with van der Waals surface area (Å²) in [4.78, 5) is 4.67. The van der Waals surface area contributed by atoms with Crippen LogP contribution in [-0.2, 0) is 0 Å². The maximum atomic E-state index is 6.32. The van der Waals surface area contributed by atoms with E-state index >= 15 is 0 Å². The van der Waals surface area contributed by atoms with Gasteiger partial charge >= 0.3 is 0 Å². The number of hydrogen-bond donors (Lipinski definition) is 2. The average molecular weight is 392 g/mol. The molecule has 3 N–H and O–H groups in total. The lowest BCUT2D eigenvalue weighted by Gasteiger charge is -2.11. The molecule has 0 atom stereocenters. The molecule has 2 aromatic rings. The molecule has 1 aliphatic rings. The summed E-state index contributed by atoms with van der Waals surface area (Å²) in [5.41, 5.74) is 8.68. The molecule has 0 radical (unpaired) electrons. The minimum absolute atomic E-state index is 0.0705. The van der Waals surface area contributed by atoms with Crippen LogP contribution in [0.3, 0.4) is 0 Å². The summed E-state index contributed by atoms with van der Waals surface area (Å²) in [5.74, 6) is 0.666. The first-order valence-electron chi connectivity index (χ1n) is 8.56. The lowest BCUT2D eigenvalue weighted by atomic mass is 10.1. The smallest absolute Gasteiger partial charge is 0.232 e. The molecular weight excluding hydrogens is 370 g/mol. The van der Waals surface area contributed by atoms with E-state index in [1.807, 2.05) is 32.0 Å². The predicted molar refractivity (Wildman–Crippen MR) is 108 cm³/mol. The van der Waals surface area contributed by atoms with Gasteiger partial charge in [-0.25, -0.2) is 4.99 Å². The second-order valence-corrected chi connectivity index (χ2v) is 7.57. The van der Waals surface area contributed by atoms with Gasteiger partial charge in [0.2, 0.25) is 5.13 Å². The van der Waals surface area contributed by atoms with E-state index in [1.165, 1.54) is 11.3 Å². The third-order valence-electron chi connectivity index (χ3n) is 3.87. The number of nitrogens with zero attached hydrogens (tertiary/aromatic N) is 3. The molecule has 0 amide bonds. The van der Waals surface area contributed by atoms with E-state index in [9.17, 15) is 0 Å². The van der Waals surface area contributed by atoms with Gasteiger partial charge in [0.25, 0.3) is 0 Å². The zero-order chi connectivity index (χ0) is 18.5. The number of benzene rings is 1. The first-order chi connectivity index (χ1) is 12.6. The molecule has 1 aromatic heterocycles. The molecule has 138 valence electrons. The molecule has 0 aliphatic carbocycles. The van der Waals surface area contributed by atoms with E-state index in [1.54, 1.807) is 6.20 Å². The maximum Gasteiger partial charge on any atom is 0.232 e. The zero-order valence-corrected chi connectivity index (χ0v) is 16.4. The van der Waals surface area contributed by atoms with Crippen LogP contribution in [0.15, 0.2) is 35.0 Å². The molecule has 0 saturated carbocycles. The van der Waals surface area contributed by atoms with Crippen LogP contribution >= 0.6 is 22.9 Å². The number of aliphatic imine (C=N–C) groups is 1. The SMILES string of the molecule is CC(C)Oc1ccc(-c2nnc(N=C3CCNCCC3=CN)s2)cc1Cl. The van der Waals surface area contributed by atoms with Gasteiger partial charge in [-0.05, 0) is 56.8 Å². The lowest BCUT2D eigenvalue weighted by Crippen LogP contribution is -2.13. The van der Waals surface area contributed by atoms with Crippen molar-refractivity contribution in [3.05, 3.63) is 35.0 Å². The van der Waals surface area contributed by atoms with E-state index in [-0.39, 0.29) is 6.10 Å². The molecule has 1 aromatic carbocycles. The van der Waals surface area contributed by atoms with Gasteiger partial charge in [-0.15, -0.1) is 10.2 Å². The van der Waals surface area contributed by atoms with Gasteiger partial charge in [-0.3, -0.25) is 0 Å². The largest absolute Gasteiger partial charge is 0.489 e. The van der Waals surface area contributed by atoms with Gasteiger partial charge in [0.15, 0.2) is 0 Å². The van der Waals surface area contributed by atoms with Crippen molar-refractivity contribution in [2.45, 2.75) is 32.8 Å². The number of ether oxygens (including phenoxy) is 1. The minimum Gasteiger partial charge on any atom is -0.489 e. The first kappa shape index (κ1) is 18.8. The van der Waals surface area contributed by atoms with Crippen molar-refractivity contribution < 1.29 is 4.74 Å². The van der Waals surface area contributed by atoms with E-state index in [2.05, 4.69) is 20.5 Å². The third-order valence-corrected chi connectivity index (χ3v) is 5.03. The van der Waals surface area contributed by atoms with Gasteiger partial charge in [0.1, 0.15) is 10.8 Å². The molecule has 0 spiro atoms. The van der Waals surface area contributed by atoms with Gasteiger partial charge in [0, 0.05) is 24.2 Å². The Labute approximate surface area is 162 Å². The Bertz CT molecular complexity index is 831. The molecule has 0 bridgehead atoms. The highest BCUT2D eigenvalue weighted by Gasteiger charge is 2.14.